The van der Waals surface area contributed by atoms with Crippen LogP contribution in [0, 0.1) is 6.92 Å². The van der Waals surface area contributed by atoms with E-state index in [4.69, 9.17) is 0 Å². The zero-order chi connectivity index (χ0) is 18.1. The van der Waals surface area contributed by atoms with Crippen molar-refractivity contribution in [1.29, 1.82) is 0 Å². The third-order valence-corrected chi connectivity index (χ3v) is 5.21. The molecule has 1 atom stereocenters. The first-order valence-electron chi connectivity index (χ1n) is 9.10. The van der Waals surface area contributed by atoms with Gasteiger partial charge in [-0.25, -0.2) is 0 Å². The number of hydrogen-bond donors (Lipinski definition) is 1. The SMILES string of the molecule is Cc1ccc(CC2CCCN2C(=O)c2cc3ccccc3[nH]c2=O)cc1. The number of hydrogen-bond acceptors (Lipinski definition) is 2. The average molecular weight is 346 g/mol. The van der Waals surface area contributed by atoms with Crippen LogP contribution in [0.25, 0.3) is 10.9 Å². The topological polar surface area (TPSA) is 53.2 Å². The van der Waals surface area contributed by atoms with Gasteiger partial charge in [-0.1, -0.05) is 48.0 Å². The van der Waals surface area contributed by atoms with Crippen molar-refractivity contribution in [2.45, 2.75) is 32.2 Å². The lowest BCUT2D eigenvalue weighted by atomic mass is 10.0. The first kappa shape index (κ1) is 16.6. The van der Waals surface area contributed by atoms with Gasteiger partial charge in [0.05, 0.1) is 0 Å². The van der Waals surface area contributed by atoms with Gasteiger partial charge in [-0.05, 0) is 49.3 Å². The third kappa shape index (κ3) is 3.15. The molecule has 26 heavy (non-hydrogen) atoms. The predicted molar refractivity (Wildman–Crippen MR) is 104 cm³/mol. The van der Waals surface area contributed by atoms with E-state index in [0.717, 1.165) is 30.2 Å². The molecular weight excluding hydrogens is 324 g/mol. The Morgan fingerprint density at radius 1 is 1.15 bits per heavy atom. The highest BCUT2D eigenvalue weighted by Crippen LogP contribution is 2.23. The molecule has 1 N–H and O–H groups in total. The summed E-state index contributed by atoms with van der Waals surface area (Å²) in [7, 11) is 0. The van der Waals surface area contributed by atoms with Crippen LogP contribution in [0.1, 0.15) is 34.3 Å². The molecule has 4 nitrogen and oxygen atoms in total. The number of fused-ring (bicyclic) bond motifs is 1. The van der Waals surface area contributed by atoms with Crippen molar-refractivity contribution in [2.75, 3.05) is 6.54 Å². The molecule has 4 heteroatoms. The number of amides is 1. The zero-order valence-electron chi connectivity index (χ0n) is 14.9. The fourth-order valence-corrected chi connectivity index (χ4v) is 3.77. The minimum atomic E-state index is -0.310. The first-order chi connectivity index (χ1) is 12.6. The molecule has 1 unspecified atom stereocenters. The molecule has 0 radical (unpaired) electrons. The quantitative estimate of drug-likeness (QED) is 0.786. The Hall–Kier alpha value is -2.88. The van der Waals surface area contributed by atoms with E-state index in [9.17, 15) is 9.59 Å². The van der Waals surface area contributed by atoms with E-state index >= 15 is 0 Å². The maximum absolute atomic E-state index is 13.1. The fraction of sp³-hybridized carbons (Fsp3) is 0.273. The largest absolute Gasteiger partial charge is 0.335 e. The molecule has 1 aliphatic rings. The van der Waals surface area contributed by atoms with Crippen LogP contribution >= 0.6 is 0 Å². The molecule has 1 amide bonds. The van der Waals surface area contributed by atoms with Crippen LogP contribution < -0.4 is 5.56 Å². The highest BCUT2D eigenvalue weighted by atomic mass is 16.2. The molecule has 0 bridgehead atoms. The van der Waals surface area contributed by atoms with E-state index in [0.29, 0.717) is 6.54 Å². The van der Waals surface area contributed by atoms with E-state index in [1.54, 1.807) is 6.07 Å². The van der Waals surface area contributed by atoms with Crippen molar-refractivity contribution < 1.29 is 4.79 Å². The number of carbonyl (C=O) groups is 1. The Bertz CT molecular complexity index is 1000. The van der Waals surface area contributed by atoms with Crippen LogP contribution in [0.3, 0.4) is 0 Å². The van der Waals surface area contributed by atoms with Crippen LogP contribution in [0.4, 0.5) is 0 Å². The summed E-state index contributed by atoms with van der Waals surface area (Å²) in [5.74, 6) is -0.161. The number of nitrogens with zero attached hydrogens (tertiary/aromatic N) is 1. The van der Waals surface area contributed by atoms with Crippen LogP contribution in [-0.2, 0) is 6.42 Å². The zero-order valence-corrected chi connectivity index (χ0v) is 14.9. The number of para-hydroxylation sites is 1. The van der Waals surface area contributed by atoms with Crippen molar-refractivity contribution in [2.24, 2.45) is 0 Å². The maximum Gasteiger partial charge on any atom is 0.261 e. The van der Waals surface area contributed by atoms with Crippen molar-refractivity contribution in [1.82, 2.24) is 9.88 Å². The van der Waals surface area contributed by atoms with E-state index in [-0.39, 0.29) is 23.1 Å². The van der Waals surface area contributed by atoms with Gasteiger partial charge in [0.1, 0.15) is 5.56 Å². The van der Waals surface area contributed by atoms with Crippen molar-refractivity contribution in [3.8, 4) is 0 Å². The number of aromatic nitrogens is 1. The minimum Gasteiger partial charge on any atom is -0.335 e. The van der Waals surface area contributed by atoms with Gasteiger partial charge in [0.25, 0.3) is 11.5 Å². The number of rotatable bonds is 3. The van der Waals surface area contributed by atoms with Gasteiger partial charge in [-0.3, -0.25) is 9.59 Å². The number of aryl methyl sites for hydroxylation is 1. The summed E-state index contributed by atoms with van der Waals surface area (Å²) < 4.78 is 0. The molecule has 0 aliphatic carbocycles. The fourth-order valence-electron chi connectivity index (χ4n) is 3.77. The second-order valence-corrected chi connectivity index (χ2v) is 7.08. The van der Waals surface area contributed by atoms with Crippen LogP contribution in [0.2, 0.25) is 0 Å². The highest BCUT2D eigenvalue weighted by molar-refractivity contribution is 5.97. The molecule has 4 rings (SSSR count). The smallest absolute Gasteiger partial charge is 0.261 e. The van der Waals surface area contributed by atoms with Crippen LogP contribution in [-0.4, -0.2) is 28.4 Å². The Balaban J connectivity index is 1.61. The lowest BCUT2D eigenvalue weighted by molar-refractivity contribution is 0.0735. The van der Waals surface area contributed by atoms with Crippen molar-refractivity contribution >= 4 is 16.8 Å². The minimum absolute atomic E-state index is 0.149. The molecule has 3 aromatic rings. The molecule has 2 aromatic carbocycles. The van der Waals surface area contributed by atoms with Crippen LogP contribution in [0.15, 0.2) is 59.4 Å². The van der Waals surface area contributed by atoms with Gasteiger partial charge >= 0.3 is 0 Å². The average Bonchev–Trinajstić information content (AvgIpc) is 3.10. The predicted octanol–water partition coefficient (Wildman–Crippen LogP) is 3.68. The Morgan fingerprint density at radius 3 is 2.73 bits per heavy atom. The number of carbonyl (C=O) groups excluding carboxylic acids is 1. The Kier molecular flexibility index (Phi) is 4.33. The second-order valence-electron chi connectivity index (χ2n) is 7.08. The molecule has 1 aromatic heterocycles. The van der Waals surface area contributed by atoms with Gasteiger partial charge in [-0.2, -0.15) is 0 Å². The normalized spacial score (nSPS) is 17.0. The number of aromatic amines is 1. The van der Waals surface area contributed by atoms with E-state index in [1.807, 2.05) is 29.2 Å². The van der Waals surface area contributed by atoms with E-state index in [1.165, 1.54) is 11.1 Å². The van der Waals surface area contributed by atoms with Gasteiger partial charge in [0, 0.05) is 18.1 Å². The number of nitrogens with one attached hydrogen (secondary N) is 1. The molecular formula is C22H22N2O2. The standard InChI is InChI=1S/C22H22N2O2/c1-15-8-10-16(11-9-15)13-18-6-4-12-24(18)22(26)19-14-17-5-2-3-7-20(17)23-21(19)25/h2-3,5,7-11,14,18H,4,6,12-13H2,1H3,(H,23,25). The number of benzene rings is 2. The molecule has 1 saturated heterocycles. The first-order valence-corrected chi connectivity index (χ1v) is 9.10. The van der Waals surface area contributed by atoms with Gasteiger partial charge in [-0.15, -0.1) is 0 Å². The summed E-state index contributed by atoms with van der Waals surface area (Å²) in [5, 5.41) is 0.879. The number of likely N-dealkylation sites (tertiary alicyclic amines) is 1. The van der Waals surface area contributed by atoms with Crippen LogP contribution in [0.5, 0.6) is 0 Å². The van der Waals surface area contributed by atoms with E-state index in [2.05, 4.69) is 36.2 Å². The summed E-state index contributed by atoms with van der Waals surface area (Å²) in [5.41, 5.74) is 3.14. The summed E-state index contributed by atoms with van der Waals surface area (Å²) in [6, 6.07) is 17.9. The van der Waals surface area contributed by atoms with Crippen molar-refractivity contribution in [3.05, 3.63) is 81.6 Å². The second kappa shape index (κ2) is 6.79. The lowest BCUT2D eigenvalue weighted by Crippen LogP contribution is -2.39. The molecule has 2 heterocycles. The summed E-state index contributed by atoms with van der Waals surface area (Å²) in [6.07, 6.45) is 2.79. The Labute approximate surface area is 152 Å². The van der Waals surface area contributed by atoms with Gasteiger partial charge in [0.2, 0.25) is 0 Å². The molecule has 1 fully saturated rings. The number of pyridine rings is 1. The van der Waals surface area contributed by atoms with E-state index < -0.39 is 0 Å². The molecule has 132 valence electrons. The molecule has 0 saturated carbocycles. The summed E-state index contributed by atoms with van der Waals surface area (Å²) >= 11 is 0. The van der Waals surface area contributed by atoms with Gasteiger partial charge in [0.15, 0.2) is 0 Å². The molecule has 1 aliphatic heterocycles. The Morgan fingerprint density at radius 2 is 1.92 bits per heavy atom. The number of H-pyrrole nitrogens is 1. The summed E-state index contributed by atoms with van der Waals surface area (Å²) in [4.78, 5) is 30.2. The lowest BCUT2D eigenvalue weighted by Gasteiger charge is -2.25. The third-order valence-electron chi connectivity index (χ3n) is 5.21. The highest BCUT2D eigenvalue weighted by Gasteiger charge is 2.30. The van der Waals surface area contributed by atoms with Crippen molar-refractivity contribution in [3.63, 3.8) is 0 Å². The molecule has 0 spiro atoms. The summed E-state index contributed by atoms with van der Waals surface area (Å²) in [6.45, 7) is 2.78. The maximum atomic E-state index is 13.1. The monoisotopic (exact) mass is 346 g/mol. The van der Waals surface area contributed by atoms with Gasteiger partial charge < -0.3 is 9.88 Å².